The van der Waals surface area contributed by atoms with Crippen LogP contribution in [0.3, 0.4) is 0 Å². The van der Waals surface area contributed by atoms with Gasteiger partial charge in [-0.15, -0.1) is 0 Å². The van der Waals surface area contributed by atoms with Gasteiger partial charge in [0, 0.05) is 25.7 Å². The molecule has 0 aliphatic carbocycles. The largest absolute Gasteiger partial charge is 0.287 e. The number of hydrogen-bond donors (Lipinski definition) is 0. The van der Waals surface area contributed by atoms with Crippen LogP contribution in [0.25, 0.3) is 0 Å². The van der Waals surface area contributed by atoms with Gasteiger partial charge in [0.05, 0.1) is 11.8 Å². The van der Waals surface area contributed by atoms with E-state index in [2.05, 4.69) is 37.8 Å². The van der Waals surface area contributed by atoms with Gasteiger partial charge in [-0.1, -0.05) is 45.0 Å². The Kier molecular flexibility index (Phi) is 2.66. The number of hydrogen-bond acceptors (Lipinski definition) is 3. The summed E-state index contributed by atoms with van der Waals surface area (Å²) in [5.41, 5.74) is 2.62. The maximum absolute atomic E-state index is 12.6. The van der Waals surface area contributed by atoms with Crippen molar-refractivity contribution in [3.05, 3.63) is 35.4 Å². The van der Waals surface area contributed by atoms with Crippen molar-refractivity contribution in [3.8, 4) is 0 Å². The SMILES string of the molecule is CN1C(=O)[C@@H]2[C@H](C1=O)[C@H]1c3ccccc3[C@@H]2N1CC(C)(C)C. The molecule has 0 saturated carbocycles. The summed E-state index contributed by atoms with van der Waals surface area (Å²) in [6, 6.07) is 8.45. The fourth-order valence-electron chi connectivity index (χ4n) is 4.65. The minimum Gasteiger partial charge on any atom is -0.287 e. The summed E-state index contributed by atoms with van der Waals surface area (Å²) in [5, 5.41) is 0. The molecule has 4 nitrogen and oxygen atoms in total. The van der Waals surface area contributed by atoms with Crippen LogP contribution in [0.5, 0.6) is 0 Å². The topological polar surface area (TPSA) is 40.6 Å². The molecule has 3 aliphatic rings. The highest BCUT2D eigenvalue weighted by atomic mass is 16.2. The van der Waals surface area contributed by atoms with Gasteiger partial charge in [0.1, 0.15) is 0 Å². The lowest BCUT2D eigenvalue weighted by Crippen LogP contribution is -2.36. The summed E-state index contributed by atoms with van der Waals surface area (Å²) < 4.78 is 0. The molecular formula is C18H22N2O2. The van der Waals surface area contributed by atoms with Crippen LogP contribution < -0.4 is 0 Å². The lowest BCUT2D eigenvalue weighted by Gasteiger charge is -2.32. The molecule has 0 radical (unpaired) electrons. The number of fused-ring (bicyclic) bond motifs is 8. The second kappa shape index (κ2) is 4.19. The molecule has 2 amide bonds. The van der Waals surface area contributed by atoms with Crippen LogP contribution in [0.1, 0.15) is 44.0 Å². The minimum absolute atomic E-state index is 0.00378. The quantitative estimate of drug-likeness (QED) is 0.747. The second-order valence-corrected chi connectivity index (χ2v) is 8.04. The van der Waals surface area contributed by atoms with E-state index in [1.54, 1.807) is 7.05 Å². The third-order valence-electron chi connectivity index (χ3n) is 5.30. The van der Waals surface area contributed by atoms with Crippen LogP contribution in [-0.4, -0.2) is 35.2 Å². The van der Waals surface area contributed by atoms with Crippen LogP contribution in [0.15, 0.2) is 24.3 Å². The summed E-state index contributed by atoms with van der Waals surface area (Å²) >= 11 is 0. The lowest BCUT2D eigenvalue weighted by atomic mass is 9.77. The molecule has 0 aromatic heterocycles. The first-order valence-electron chi connectivity index (χ1n) is 7.97. The third kappa shape index (κ3) is 1.62. The molecule has 4 rings (SSSR count). The molecular weight excluding hydrogens is 276 g/mol. The van der Waals surface area contributed by atoms with E-state index in [0.29, 0.717) is 0 Å². The fraction of sp³-hybridized carbons (Fsp3) is 0.556. The van der Waals surface area contributed by atoms with Crippen LogP contribution in [0.2, 0.25) is 0 Å². The summed E-state index contributed by atoms with van der Waals surface area (Å²) in [6.07, 6.45) is 0. The highest BCUT2D eigenvalue weighted by Gasteiger charge is 2.65. The zero-order valence-electron chi connectivity index (χ0n) is 13.5. The maximum Gasteiger partial charge on any atom is 0.234 e. The predicted molar refractivity (Wildman–Crippen MR) is 82.8 cm³/mol. The molecule has 2 fully saturated rings. The van der Waals surface area contributed by atoms with Crippen molar-refractivity contribution in [1.82, 2.24) is 9.80 Å². The van der Waals surface area contributed by atoms with Crippen molar-refractivity contribution in [3.63, 3.8) is 0 Å². The first kappa shape index (κ1) is 13.9. The minimum atomic E-state index is -0.195. The van der Waals surface area contributed by atoms with Gasteiger partial charge in [0.25, 0.3) is 0 Å². The number of carbonyl (C=O) groups excluding carboxylic acids is 2. The van der Waals surface area contributed by atoms with Gasteiger partial charge in [0.15, 0.2) is 0 Å². The van der Waals surface area contributed by atoms with Gasteiger partial charge in [-0.25, -0.2) is 0 Å². The average molecular weight is 298 g/mol. The Labute approximate surface area is 131 Å². The summed E-state index contributed by atoms with van der Waals surface area (Å²) in [7, 11) is 1.63. The van der Waals surface area contributed by atoms with E-state index in [4.69, 9.17) is 0 Å². The Morgan fingerprint density at radius 2 is 1.41 bits per heavy atom. The smallest absolute Gasteiger partial charge is 0.234 e. The highest BCUT2D eigenvalue weighted by Crippen LogP contribution is 2.62. The Bertz CT molecular complexity index is 627. The second-order valence-electron chi connectivity index (χ2n) is 8.04. The molecule has 0 unspecified atom stereocenters. The van der Waals surface area contributed by atoms with Gasteiger partial charge in [-0.05, 0) is 16.5 Å². The third-order valence-corrected chi connectivity index (χ3v) is 5.30. The lowest BCUT2D eigenvalue weighted by molar-refractivity contribution is -0.140. The van der Waals surface area contributed by atoms with Crippen LogP contribution >= 0.6 is 0 Å². The Morgan fingerprint density at radius 3 is 1.82 bits per heavy atom. The standard InChI is InChI=1S/C18H22N2O2/c1-18(2,3)9-20-14-10-7-5-6-8-11(10)15(20)13-12(14)16(21)19(4)17(13)22/h5-8,12-15H,9H2,1-4H3/t12-,13+,14+,15-. The van der Waals surface area contributed by atoms with Crippen molar-refractivity contribution < 1.29 is 9.59 Å². The van der Waals surface area contributed by atoms with Gasteiger partial charge in [-0.2, -0.15) is 0 Å². The first-order valence-corrected chi connectivity index (χ1v) is 7.97. The number of rotatable bonds is 1. The van der Waals surface area contributed by atoms with Crippen LogP contribution in [0, 0.1) is 17.3 Å². The van der Waals surface area contributed by atoms with Gasteiger partial charge < -0.3 is 0 Å². The monoisotopic (exact) mass is 298 g/mol. The van der Waals surface area contributed by atoms with E-state index in [1.165, 1.54) is 16.0 Å². The van der Waals surface area contributed by atoms with E-state index < -0.39 is 0 Å². The van der Waals surface area contributed by atoms with Gasteiger partial charge >= 0.3 is 0 Å². The molecule has 3 heterocycles. The number of likely N-dealkylation sites (tertiary alicyclic amines) is 1. The molecule has 4 atom stereocenters. The van der Waals surface area contributed by atoms with Gasteiger partial charge in [0.2, 0.25) is 11.8 Å². The van der Waals surface area contributed by atoms with Gasteiger partial charge in [-0.3, -0.25) is 19.4 Å². The molecule has 0 N–H and O–H groups in total. The van der Waals surface area contributed by atoms with Crippen molar-refractivity contribution in [2.24, 2.45) is 17.3 Å². The normalized spacial score (nSPS) is 33.5. The molecule has 2 bridgehead atoms. The number of benzene rings is 1. The summed E-state index contributed by atoms with van der Waals surface area (Å²) in [6.45, 7) is 7.53. The van der Waals surface area contributed by atoms with E-state index in [0.717, 1.165) is 6.54 Å². The van der Waals surface area contributed by atoms with Crippen LogP contribution in [0.4, 0.5) is 0 Å². The molecule has 0 spiro atoms. The van der Waals surface area contributed by atoms with E-state index in [9.17, 15) is 9.59 Å². The number of nitrogens with zero attached hydrogens (tertiary/aromatic N) is 2. The number of imide groups is 1. The zero-order valence-corrected chi connectivity index (χ0v) is 13.5. The Balaban J connectivity index is 1.84. The molecule has 116 valence electrons. The number of amides is 2. The molecule has 22 heavy (non-hydrogen) atoms. The molecule has 3 aliphatic heterocycles. The molecule has 1 aromatic carbocycles. The van der Waals surface area contributed by atoms with Crippen molar-refractivity contribution in [2.45, 2.75) is 32.9 Å². The number of carbonyl (C=O) groups is 2. The maximum atomic E-state index is 12.6. The zero-order chi connectivity index (χ0) is 15.8. The van der Waals surface area contributed by atoms with Crippen LogP contribution in [-0.2, 0) is 9.59 Å². The Hall–Kier alpha value is -1.68. The van der Waals surface area contributed by atoms with Crippen molar-refractivity contribution >= 4 is 11.8 Å². The molecule has 2 saturated heterocycles. The van der Waals surface area contributed by atoms with E-state index >= 15 is 0 Å². The summed E-state index contributed by atoms with van der Waals surface area (Å²) in [5.74, 6) is -0.397. The Morgan fingerprint density at radius 1 is 0.955 bits per heavy atom. The predicted octanol–water partition coefficient (Wildman–Crippen LogP) is 2.38. The first-order chi connectivity index (χ1) is 10.3. The molecule has 4 heteroatoms. The highest BCUT2D eigenvalue weighted by molar-refractivity contribution is 6.06. The molecule has 1 aromatic rings. The van der Waals surface area contributed by atoms with E-state index in [1.807, 2.05) is 12.1 Å². The van der Waals surface area contributed by atoms with Crippen molar-refractivity contribution in [2.75, 3.05) is 13.6 Å². The average Bonchev–Trinajstić information content (AvgIpc) is 3.00. The van der Waals surface area contributed by atoms with Crippen molar-refractivity contribution in [1.29, 1.82) is 0 Å². The van der Waals surface area contributed by atoms with E-state index in [-0.39, 0.29) is 41.1 Å². The summed E-state index contributed by atoms with van der Waals surface area (Å²) in [4.78, 5) is 28.9. The fourth-order valence-corrected chi connectivity index (χ4v) is 4.65.